The lowest BCUT2D eigenvalue weighted by atomic mass is 10.3. The molecular weight excluding hydrogens is 599 g/mol. The van der Waals surface area contributed by atoms with Crippen molar-refractivity contribution in [2.45, 2.75) is 13.1 Å². The molecule has 0 spiro atoms. The highest BCUT2D eigenvalue weighted by atomic mass is 127. The van der Waals surface area contributed by atoms with Crippen LogP contribution in [0.2, 0.25) is 0 Å². The average molecular weight is 609 g/mol. The van der Waals surface area contributed by atoms with Gasteiger partial charge in [0, 0.05) is 17.3 Å². The minimum atomic E-state index is -0.143. The van der Waals surface area contributed by atoms with E-state index in [9.17, 15) is 4.79 Å². The molecule has 0 aliphatic carbocycles. The summed E-state index contributed by atoms with van der Waals surface area (Å²) in [5.74, 6) is -0.143. The number of carbonyl (C=O) groups excluding carboxylic acids is 1. The third-order valence-corrected chi connectivity index (χ3v) is 4.70. The first-order valence-electron chi connectivity index (χ1n) is 5.53. The van der Waals surface area contributed by atoms with Gasteiger partial charge in [-0.15, -0.1) is 5.10 Å². The van der Waals surface area contributed by atoms with Gasteiger partial charge in [0.05, 0.1) is 17.6 Å². The fraction of sp³-hybridized carbons (Fsp3) is 0.182. The van der Waals surface area contributed by atoms with Gasteiger partial charge in [0.1, 0.15) is 6.54 Å². The predicted octanol–water partition coefficient (Wildman–Crippen LogP) is 2.19. The number of benzene rings is 1. The molecule has 1 aromatic heterocycles. The highest BCUT2D eigenvalue weighted by molar-refractivity contribution is 14.1. The maximum Gasteiger partial charge on any atom is 0.246 e. The summed E-state index contributed by atoms with van der Waals surface area (Å²) >= 11 is 6.67. The van der Waals surface area contributed by atoms with E-state index < -0.39 is 0 Å². The summed E-state index contributed by atoms with van der Waals surface area (Å²) in [4.78, 5) is 12.0. The number of amides is 1. The van der Waals surface area contributed by atoms with Gasteiger partial charge in [-0.2, -0.15) is 0 Å². The summed E-state index contributed by atoms with van der Waals surface area (Å²) in [7, 11) is 0. The molecule has 0 radical (unpaired) electrons. The van der Waals surface area contributed by atoms with Crippen LogP contribution in [0.25, 0.3) is 0 Å². The highest BCUT2D eigenvalue weighted by Gasteiger charge is 2.11. The zero-order valence-electron chi connectivity index (χ0n) is 10.1. The van der Waals surface area contributed by atoms with Gasteiger partial charge in [0.15, 0.2) is 0 Å². The van der Waals surface area contributed by atoms with E-state index in [2.05, 4.69) is 83.4 Å². The highest BCUT2D eigenvalue weighted by Crippen LogP contribution is 2.27. The molecule has 106 valence electrons. The van der Waals surface area contributed by atoms with Gasteiger partial charge < -0.3 is 11.1 Å². The summed E-state index contributed by atoms with van der Waals surface area (Å²) < 4.78 is 4.63. The number of carbonyl (C=O) groups is 1. The summed E-state index contributed by atoms with van der Waals surface area (Å²) in [5.41, 5.74) is 6.94. The van der Waals surface area contributed by atoms with Crippen LogP contribution in [0.3, 0.4) is 0 Å². The Bertz CT molecular complexity index is 620. The van der Waals surface area contributed by atoms with Crippen LogP contribution in [-0.4, -0.2) is 20.9 Å². The van der Waals surface area contributed by atoms with E-state index in [0.29, 0.717) is 12.2 Å². The second kappa shape index (κ2) is 7.31. The van der Waals surface area contributed by atoms with Crippen molar-refractivity contribution in [2.75, 3.05) is 5.32 Å². The Balaban J connectivity index is 2.08. The van der Waals surface area contributed by atoms with E-state index in [4.69, 9.17) is 5.73 Å². The molecule has 1 amide bonds. The zero-order chi connectivity index (χ0) is 14.7. The number of nitrogens with zero attached hydrogens (tertiary/aromatic N) is 3. The maximum atomic E-state index is 12.0. The van der Waals surface area contributed by atoms with Crippen LogP contribution in [0.4, 0.5) is 5.69 Å². The molecule has 0 aliphatic rings. The number of nitrogens with one attached hydrogen (secondary N) is 1. The largest absolute Gasteiger partial charge is 0.325 e. The molecule has 0 saturated carbocycles. The van der Waals surface area contributed by atoms with Crippen LogP contribution in [0.1, 0.15) is 5.69 Å². The molecule has 20 heavy (non-hydrogen) atoms. The third kappa shape index (κ3) is 4.24. The predicted molar refractivity (Wildman–Crippen MR) is 101 cm³/mol. The molecule has 9 heteroatoms. The van der Waals surface area contributed by atoms with Gasteiger partial charge in [0.25, 0.3) is 0 Å². The van der Waals surface area contributed by atoms with E-state index in [0.717, 1.165) is 16.4 Å². The Labute approximate surface area is 156 Å². The molecule has 2 aromatic rings. The smallest absolute Gasteiger partial charge is 0.246 e. The van der Waals surface area contributed by atoms with Gasteiger partial charge >= 0.3 is 0 Å². The van der Waals surface area contributed by atoms with Crippen molar-refractivity contribution in [3.63, 3.8) is 0 Å². The third-order valence-electron chi connectivity index (χ3n) is 2.37. The molecule has 0 unspecified atom stereocenters. The van der Waals surface area contributed by atoms with Gasteiger partial charge in [-0.1, -0.05) is 5.21 Å². The number of hydrogen-bond donors (Lipinski definition) is 2. The second-order valence-corrected chi connectivity index (χ2v) is 7.47. The van der Waals surface area contributed by atoms with Crippen molar-refractivity contribution < 1.29 is 4.79 Å². The lowest BCUT2D eigenvalue weighted by Gasteiger charge is -2.10. The minimum absolute atomic E-state index is 0.116. The van der Waals surface area contributed by atoms with Gasteiger partial charge in [-0.3, -0.25) is 4.79 Å². The average Bonchev–Trinajstić information content (AvgIpc) is 2.81. The number of nitrogens with two attached hydrogens (primary N) is 1. The molecule has 0 bridgehead atoms. The van der Waals surface area contributed by atoms with Crippen LogP contribution >= 0.6 is 67.8 Å². The maximum absolute atomic E-state index is 12.0. The lowest BCUT2D eigenvalue weighted by molar-refractivity contribution is -0.116. The molecule has 2 rings (SSSR count). The minimum Gasteiger partial charge on any atom is -0.325 e. The molecule has 0 fully saturated rings. The summed E-state index contributed by atoms with van der Waals surface area (Å²) in [6, 6.07) is 4.03. The first-order chi connectivity index (χ1) is 9.49. The molecule has 1 aromatic carbocycles. The lowest BCUT2D eigenvalue weighted by Crippen LogP contribution is -2.20. The standard InChI is InChI=1S/C11H10I3N5O/c12-6-1-8(13)11(9(14)2-6)16-10(20)5-19-4-7(3-15)17-18-19/h1-2,4H,3,5,15H2,(H,16,20). The van der Waals surface area contributed by atoms with Gasteiger partial charge in [0.2, 0.25) is 5.91 Å². The summed E-state index contributed by atoms with van der Waals surface area (Å²) in [5, 5.41) is 10.6. The van der Waals surface area contributed by atoms with E-state index in [1.165, 1.54) is 4.68 Å². The van der Waals surface area contributed by atoms with E-state index in [1.54, 1.807) is 6.20 Å². The number of hydrogen-bond acceptors (Lipinski definition) is 4. The first kappa shape index (κ1) is 16.4. The van der Waals surface area contributed by atoms with Crippen molar-refractivity contribution in [1.82, 2.24) is 15.0 Å². The van der Waals surface area contributed by atoms with E-state index >= 15 is 0 Å². The topological polar surface area (TPSA) is 85.8 Å². The Kier molecular flexibility index (Phi) is 5.97. The van der Waals surface area contributed by atoms with Crippen molar-refractivity contribution in [3.05, 3.63) is 34.7 Å². The van der Waals surface area contributed by atoms with Crippen molar-refractivity contribution in [2.24, 2.45) is 5.73 Å². The van der Waals surface area contributed by atoms with Gasteiger partial charge in [-0.05, 0) is 79.9 Å². The molecule has 0 aliphatic heterocycles. The Morgan fingerprint density at radius 3 is 2.50 bits per heavy atom. The second-order valence-electron chi connectivity index (χ2n) is 3.90. The van der Waals surface area contributed by atoms with E-state index in [-0.39, 0.29) is 12.5 Å². The fourth-order valence-corrected chi connectivity index (χ4v) is 5.35. The fourth-order valence-electron chi connectivity index (χ4n) is 1.50. The molecule has 0 saturated heterocycles. The Morgan fingerprint density at radius 2 is 1.95 bits per heavy atom. The van der Waals surface area contributed by atoms with Crippen LogP contribution in [0.5, 0.6) is 0 Å². The first-order valence-corrected chi connectivity index (χ1v) is 8.76. The number of aromatic nitrogens is 3. The number of halogens is 3. The molecule has 3 N–H and O–H groups in total. The summed E-state index contributed by atoms with van der Waals surface area (Å²) in [6.07, 6.45) is 1.67. The zero-order valence-corrected chi connectivity index (χ0v) is 16.6. The molecule has 0 atom stereocenters. The molecule has 1 heterocycles. The molecular formula is C11H10I3N5O. The number of anilines is 1. The summed E-state index contributed by atoms with van der Waals surface area (Å²) in [6.45, 7) is 0.430. The van der Waals surface area contributed by atoms with Crippen molar-refractivity contribution in [1.29, 1.82) is 0 Å². The van der Waals surface area contributed by atoms with Crippen molar-refractivity contribution >= 4 is 79.4 Å². The number of rotatable bonds is 4. The van der Waals surface area contributed by atoms with Crippen LogP contribution < -0.4 is 11.1 Å². The quantitative estimate of drug-likeness (QED) is 0.522. The van der Waals surface area contributed by atoms with E-state index in [1.807, 2.05) is 12.1 Å². The monoisotopic (exact) mass is 609 g/mol. The van der Waals surface area contributed by atoms with Gasteiger partial charge in [-0.25, -0.2) is 4.68 Å². The molecule has 6 nitrogen and oxygen atoms in total. The Morgan fingerprint density at radius 1 is 1.30 bits per heavy atom. The van der Waals surface area contributed by atoms with Crippen LogP contribution in [0, 0.1) is 10.7 Å². The van der Waals surface area contributed by atoms with Crippen LogP contribution in [0.15, 0.2) is 18.3 Å². The normalized spacial score (nSPS) is 10.6. The van der Waals surface area contributed by atoms with Crippen LogP contribution in [-0.2, 0) is 17.9 Å². The Hall–Kier alpha value is -0.0200. The van der Waals surface area contributed by atoms with Crippen molar-refractivity contribution in [3.8, 4) is 0 Å². The SMILES string of the molecule is NCc1cn(CC(=O)Nc2c(I)cc(I)cc2I)nn1.